The summed E-state index contributed by atoms with van der Waals surface area (Å²) in [5, 5.41) is 0. The molecule has 2 heteroatoms. The van der Waals surface area contributed by atoms with E-state index in [1.807, 2.05) is 13.0 Å². The standard InChI is InChI=1S/C11H16BF/c1-4-9(3)12-11-7-10(13)6-5-8(11)2/h5-7,9,12H,4H2,1-3H3. The molecule has 0 spiro atoms. The summed E-state index contributed by atoms with van der Waals surface area (Å²) < 4.78 is 12.9. The first kappa shape index (κ1) is 10.3. The number of rotatable bonds is 3. The van der Waals surface area contributed by atoms with Gasteiger partial charge in [0.25, 0.3) is 0 Å². The lowest BCUT2D eigenvalue weighted by Crippen LogP contribution is -2.21. The fourth-order valence-corrected chi connectivity index (χ4v) is 1.38. The van der Waals surface area contributed by atoms with E-state index in [1.54, 1.807) is 6.07 Å². The molecule has 0 fully saturated rings. The van der Waals surface area contributed by atoms with E-state index >= 15 is 0 Å². The molecule has 0 aliphatic rings. The van der Waals surface area contributed by atoms with Crippen molar-refractivity contribution in [2.45, 2.75) is 33.0 Å². The van der Waals surface area contributed by atoms with Crippen molar-refractivity contribution in [2.75, 3.05) is 0 Å². The van der Waals surface area contributed by atoms with E-state index < -0.39 is 0 Å². The highest BCUT2D eigenvalue weighted by atomic mass is 19.1. The van der Waals surface area contributed by atoms with E-state index in [4.69, 9.17) is 0 Å². The first-order valence-electron chi connectivity index (χ1n) is 4.88. The summed E-state index contributed by atoms with van der Waals surface area (Å²) in [5.41, 5.74) is 2.34. The average molecular weight is 178 g/mol. The summed E-state index contributed by atoms with van der Waals surface area (Å²) in [6.07, 6.45) is 1.15. The fraction of sp³-hybridized carbons (Fsp3) is 0.455. The molecule has 1 unspecified atom stereocenters. The Morgan fingerprint density at radius 1 is 1.46 bits per heavy atom. The van der Waals surface area contributed by atoms with Crippen LogP contribution in [-0.4, -0.2) is 7.28 Å². The molecule has 70 valence electrons. The minimum Gasteiger partial charge on any atom is -0.207 e. The Hall–Kier alpha value is -0.785. The number of hydrogen-bond acceptors (Lipinski definition) is 0. The minimum absolute atomic E-state index is 0.121. The zero-order chi connectivity index (χ0) is 9.84. The van der Waals surface area contributed by atoms with Gasteiger partial charge in [0.15, 0.2) is 7.28 Å². The van der Waals surface area contributed by atoms with Crippen molar-refractivity contribution in [2.24, 2.45) is 0 Å². The van der Waals surface area contributed by atoms with Gasteiger partial charge in [0.1, 0.15) is 5.82 Å². The number of hydrogen-bond donors (Lipinski definition) is 0. The molecule has 0 aliphatic heterocycles. The van der Waals surface area contributed by atoms with Crippen molar-refractivity contribution in [3.8, 4) is 0 Å². The number of benzene rings is 1. The summed E-state index contributed by atoms with van der Waals surface area (Å²) in [5.74, 6) is 0.518. The number of halogens is 1. The molecule has 0 aliphatic carbocycles. The third-order valence-corrected chi connectivity index (χ3v) is 2.58. The maximum atomic E-state index is 12.9. The molecule has 0 N–H and O–H groups in total. The summed E-state index contributed by atoms with van der Waals surface area (Å²) in [6, 6.07) is 5.03. The summed E-state index contributed by atoms with van der Waals surface area (Å²) >= 11 is 0. The van der Waals surface area contributed by atoms with Crippen LogP contribution in [0.3, 0.4) is 0 Å². The second-order valence-corrected chi connectivity index (χ2v) is 3.79. The second-order valence-electron chi connectivity index (χ2n) is 3.79. The van der Waals surface area contributed by atoms with Crippen molar-refractivity contribution in [1.82, 2.24) is 0 Å². The van der Waals surface area contributed by atoms with E-state index in [0.29, 0.717) is 5.82 Å². The molecule has 0 aromatic heterocycles. The fourth-order valence-electron chi connectivity index (χ4n) is 1.38. The monoisotopic (exact) mass is 178 g/mol. The van der Waals surface area contributed by atoms with E-state index in [-0.39, 0.29) is 5.82 Å². The van der Waals surface area contributed by atoms with Crippen molar-refractivity contribution >= 4 is 12.7 Å². The van der Waals surface area contributed by atoms with Crippen molar-refractivity contribution in [3.63, 3.8) is 0 Å². The maximum Gasteiger partial charge on any atom is 0.161 e. The summed E-state index contributed by atoms with van der Waals surface area (Å²) in [4.78, 5) is 0. The van der Waals surface area contributed by atoms with Crippen molar-refractivity contribution in [3.05, 3.63) is 29.6 Å². The first-order valence-corrected chi connectivity index (χ1v) is 4.88. The van der Waals surface area contributed by atoms with E-state index in [0.717, 1.165) is 19.2 Å². The van der Waals surface area contributed by atoms with Gasteiger partial charge in [-0.05, 0) is 19.1 Å². The Kier molecular flexibility index (Phi) is 3.53. The lowest BCUT2D eigenvalue weighted by atomic mass is 9.58. The van der Waals surface area contributed by atoms with Crippen LogP contribution in [0.25, 0.3) is 0 Å². The largest absolute Gasteiger partial charge is 0.207 e. The molecular formula is C11H16BF. The predicted molar refractivity (Wildman–Crippen MR) is 57.6 cm³/mol. The molecule has 0 nitrogen and oxygen atoms in total. The van der Waals surface area contributed by atoms with Crippen LogP contribution >= 0.6 is 0 Å². The molecule has 0 radical (unpaired) electrons. The van der Waals surface area contributed by atoms with Gasteiger partial charge in [-0.2, -0.15) is 0 Å². The summed E-state index contributed by atoms with van der Waals surface area (Å²) in [7, 11) is 0.986. The SMILES string of the molecule is CCC(C)Bc1cc(F)ccc1C. The topological polar surface area (TPSA) is 0 Å². The molecule has 1 aromatic carbocycles. The van der Waals surface area contributed by atoms with E-state index in [9.17, 15) is 4.39 Å². The summed E-state index contributed by atoms with van der Waals surface area (Å²) in [6.45, 7) is 6.40. The van der Waals surface area contributed by atoms with Crippen LogP contribution < -0.4 is 5.46 Å². The first-order chi connectivity index (χ1) is 6.13. The Morgan fingerprint density at radius 2 is 2.15 bits per heavy atom. The number of aryl methyl sites for hydroxylation is 1. The highest BCUT2D eigenvalue weighted by Crippen LogP contribution is 2.07. The zero-order valence-electron chi connectivity index (χ0n) is 8.60. The van der Waals surface area contributed by atoms with Crippen molar-refractivity contribution in [1.29, 1.82) is 0 Å². The van der Waals surface area contributed by atoms with Gasteiger partial charge in [0.2, 0.25) is 0 Å². The van der Waals surface area contributed by atoms with Crippen LogP contribution in [0.4, 0.5) is 4.39 Å². The van der Waals surface area contributed by atoms with Gasteiger partial charge in [0.05, 0.1) is 0 Å². The highest BCUT2D eigenvalue weighted by molar-refractivity contribution is 6.55. The smallest absolute Gasteiger partial charge is 0.161 e. The molecule has 13 heavy (non-hydrogen) atoms. The lowest BCUT2D eigenvalue weighted by molar-refractivity contribution is 0.628. The minimum atomic E-state index is -0.121. The highest BCUT2D eigenvalue weighted by Gasteiger charge is 2.06. The predicted octanol–water partition coefficient (Wildman–Crippen LogP) is 2.41. The third kappa shape index (κ3) is 2.87. The van der Waals surface area contributed by atoms with E-state index in [1.165, 1.54) is 11.6 Å². The Labute approximate surface area is 80.4 Å². The molecule has 1 rings (SSSR count). The Morgan fingerprint density at radius 3 is 2.77 bits per heavy atom. The maximum absolute atomic E-state index is 12.9. The van der Waals surface area contributed by atoms with Crippen LogP contribution in [0, 0.1) is 12.7 Å². The Bertz CT molecular complexity index is 283. The van der Waals surface area contributed by atoms with Gasteiger partial charge < -0.3 is 0 Å². The van der Waals surface area contributed by atoms with Gasteiger partial charge in [-0.25, -0.2) is 4.39 Å². The van der Waals surface area contributed by atoms with Crippen LogP contribution in [0.5, 0.6) is 0 Å². The van der Waals surface area contributed by atoms with Gasteiger partial charge in [-0.15, -0.1) is 0 Å². The third-order valence-electron chi connectivity index (χ3n) is 2.58. The molecule has 0 saturated carbocycles. The zero-order valence-corrected chi connectivity index (χ0v) is 8.60. The van der Waals surface area contributed by atoms with Gasteiger partial charge in [-0.1, -0.05) is 43.2 Å². The van der Waals surface area contributed by atoms with Crippen molar-refractivity contribution < 1.29 is 4.39 Å². The Balaban J connectivity index is 2.81. The lowest BCUT2D eigenvalue weighted by Gasteiger charge is -2.09. The average Bonchev–Trinajstić information content (AvgIpc) is 2.11. The van der Waals surface area contributed by atoms with Crippen LogP contribution in [0.1, 0.15) is 25.8 Å². The van der Waals surface area contributed by atoms with Crippen LogP contribution in [0.15, 0.2) is 18.2 Å². The van der Waals surface area contributed by atoms with Gasteiger partial charge in [0, 0.05) is 0 Å². The quantitative estimate of drug-likeness (QED) is 0.623. The molecule has 1 atom stereocenters. The second kappa shape index (κ2) is 4.45. The molecule has 1 aromatic rings. The molecule has 0 saturated heterocycles. The normalized spacial score (nSPS) is 12.6. The molecule has 0 amide bonds. The van der Waals surface area contributed by atoms with Gasteiger partial charge >= 0.3 is 0 Å². The van der Waals surface area contributed by atoms with E-state index in [2.05, 4.69) is 13.8 Å². The van der Waals surface area contributed by atoms with Crippen LogP contribution in [0.2, 0.25) is 5.82 Å². The molecular weight excluding hydrogens is 162 g/mol. The molecule has 0 heterocycles. The van der Waals surface area contributed by atoms with Gasteiger partial charge in [-0.3, -0.25) is 0 Å². The van der Waals surface area contributed by atoms with Crippen LogP contribution in [-0.2, 0) is 0 Å². The molecule has 0 bridgehead atoms.